The molecular weight excluding hydrogens is 168 g/mol. The molecule has 0 amide bonds. The minimum Gasteiger partial charge on any atom is -0.449 e. The van der Waals surface area contributed by atoms with Gasteiger partial charge < -0.3 is 9.72 Å². The highest BCUT2D eigenvalue weighted by Crippen LogP contribution is 2.10. The standard InChI is InChI=1S/C9H7N2O2/c12-6-13-5-9-10-7-3-1-2-4-8(7)11-9/h1-4H,5H2,(H,10,11). The molecule has 0 atom stereocenters. The molecule has 0 aliphatic carbocycles. The van der Waals surface area contributed by atoms with E-state index in [-0.39, 0.29) is 6.61 Å². The molecule has 0 bridgehead atoms. The monoisotopic (exact) mass is 175 g/mol. The van der Waals surface area contributed by atoms with Gasteiger partial charge in [0.15, 0.2) is 0 Å². The van der Waals surface area contributed by atoms with Crippen LogP contribution in [0.4, 0.5) is 0 Å². The van der Waals surface area contributed by atoms with Crippen molar-refractivity contribution in [3.05, 3.63) is 30.1 Å². The van der Waals surface area contributed by atoms with Crippen LogP contribution in [0.5, 0.6) is 0 Å². The summed E-state index contributed by atoms with van der Waals surface area (Å²) in [6.45, 7) is 1.49. The molecule has 0 fully saturated rings. The highest BCUT2D eigenvalue weighted by molar-refractivity contribution is 5.74. The third-order valence-corrected chi connectivity index (χ3v) is 1.71. The van der Waals surface area contributed by atoms with Gasteiger partial charge in [0.25, 0.3) is 0 Å². The molecule has 0 saturated heterocycles. The molecule has 0 aliphatic rings. The van der Waals surface area contributed by atoms with Crippen molar-refractivity contribution in [2.45, 2.75) is 6.61 Å². The number of nitrogens with zero attached hydrogens (tertiary/aromatic N) is 1. The van der Waals surface area contributed by atoms with E-state index in [0.29, 0.717) is 5.82 Å². The number of aromatic nitrogens is 2. The van der Waals surface area contributed by atoms with Crippen molar-refractivity contribution < 1.29 is 9.53 Å². The lowest BCUT2D eigenvalue weighted by Gasteiger charge is -1.89. The summed E-state index contributed by atoms with van der Waals surface area (Å²) in [5, 5.41) is 0. The quantitative estimate of drug-likeness (QED) is 0.761. The van der Waals surface area contributed by atoms with E-state index < -0.39 is 0 Å². The Kier molecular flexibility index (Phi) is 1.96. The van der Waals surface area contributed by atoms with Crippen LogP contribution in [0.25, 0.3) is 11.0 Å². The van der Waals surface area contributed by atoms with Gasteiger partial charge in [-0.25, -0.2) is 9.78 Å². The van der Waals surface area contributed by atoms with Crippen molar-refractivity contribution in [2.75, 3.05) is 0 Å². The predicted molar refractivity (Wildman–Crippen MR) is 46.6 cm³/mol. The number of ether oxygens (including phenoxy) is 1. The van der Waals surface area contributed by atoms with E-state index in [2.05, 4.69) is 14.7 Å². The van der Waals surface area contributed by atoms with Crippen molar-refractivity contribution in [1.29, 1.82) is 0 Å². The molecule has 1 heterocycles. The van der Waals surface area contributed by atoms with Crippen LogP contribution < -0.4 is 0 Å². The molecule has 0 saturated carbocycles. The summed E-state index contributed by atoms with van der Waals surface area (Å²) in [7, 11) is 0. The molecule has 2 rings (SSSR count). The number of rotatable bonds is 3. The molecule has 65 valence electrons. The summed E-state index contributed by atoms with van der Waals surface area (Å²) in [5.74, 6) is 0.629. The lowest BCUT2D eigenvalue weighted by molar-refractivity contribution is 0.260. The predicted octanol–water partition coefficient (Wildman–Crippen LogP) is 1.15. The molecule has 13 heavy (non-hydrogen) atoms. The average molecular weight is 175 g/mol. The van der Waals surface area contributed by atoms with Crippen LogP contribution >= 0.6 is 0 Å². The van der Waals surface area contributed by atoms with Crippen LogP contribution in [0.1, 0.15) is 5.82 Å². The molecule has 1 aromatic carbocycles. The second-order valence-corrected chi connectivity index (χ2v) is 2.57. The van der Waals surface area contributed by atoms with E-state index in [4.69, 9.17) is 0 Å². The van der Waals surface area contributed by atoms with Gasteiger partial charge >= 0.3 is 6.47 Å². The van der Waals surface area contributed by atoms with E-state index in [9.17, 15) is 4.79 Å². The summed E-state index contributed by atoms with van der Waals surface area (Å²) in [4.78, 5) is 17.0. The molecule has 2 aromatic rings. The Labute approximate surface area is 74.5 Å². The van der Waals surface area contributed by atoms with Crippen LogP contribution in [-0.2, 0) is 16.1 Å². The fraction of sp³-hybridized carbons (Fsp3) is 0.111. The second-order valence-electron chi connectivity index (χ2n) is 2.57. The Morgan fingerprint density at radius 2 is 2.31 bits per heavy atom. The molecule has 0 spiro atoms. The molecule has 0 unspecified atom stereocenters. The zero-order chi connectivity index (χ0) is 9.10. The zero-order valence-corrected chi connectivity index (χ0v) is 6.78. The van der Waals surface area contributed by atoms with Crippen LogP contribution in [0.15, 0.2) is 24.3 Å². The number of imidazole rings is 1. The van der Waals surface area contributed by atoms with Gasteiger partial charge in [-0.05, 0) is 12.1 Å². The van der Waals surface area contributed by atoms with E-state index in [0.717, 1.165) is 11.0 Å². The average Bonchev–Trinajstić information content (AvgIpc) is 2.57. The van der Waals surface area contributed by atoms with Gasteiger partial charge in [0, 0.05) is 0 Å². The van der Waals surface area contributed by atoms with Crippen molar-refractivity contribution in [2.24, 2.45) is 0 Å². The molecule has 0 aliphatic heterocycles. The first kappa shape index (κ1) is 7.79. The maximum atomic E-state index is 9.80. The molecule has 1 N–H and O–H groups in total. The van der Waals surface area contributed by atoms with E-state index >= 15 is 0 Å². The van der Waals surface area contributed by atoms with Gasteiger partial charge in [0.2, 0.25) is 0 Å². The summed E-state index contributed by atoms with van der Waals surface area (Å²) < 4.78 is 4.45. The number of carbonyl (C=O) groups excluding carboxylic acids is 1. The highest BCUT2D eigenvalue weighted by atomic mass is 16.5. The molecule has 1 aromatic heterocycles. The maximum Gasteiger partial charge on any atom is 0.417 e. The first-order valence-corrected chi connectivity index (χ1v) is 3.83. The van der Waals surface area contributed by atoms with Gasteiger partial charge in [0.1, 0.15) is 12.4 Å². The topological polar surface area (TPSA) is 55.0 Å². The molecule has 1 radical (unpaired) electrons. The Morgan fingerprint density at radius 1 is 1.46 bits per heavy atom. The third-order valence-electron chi connectivity index (χ3n) is 1.71. The van der Waals surface area contributed by atoms with Gasteiger partial charge in [-0.15, -0.1) is 0 Å². The van der Waals surface area contributed by atoms with Gasteiger partial charge in [-0.2, -0.15) is 0 Å². The molecule has 4 heteroatoms. The van der Waals surface area contributed by atoms with Crippen LogP contribution in [0.3, 0.4) is 0 Å². The first-order valence-electron chi connectivity index (χ1n) is 3.83. The second kappa shape index (κ2) is 3.26. The minimum absolute atomic E-state index is 0.137. The van der Waals surface area contributed by atoms with E-state index in [1.165, 1.54) is 6.47 Å². The van der Waals surface area contributed by atoms with E-state index in [1.807, 2.05) is 24.3 Å². The van der Waals surface area contributed by atoms with Crippen LogP contribution in [0, 0.1) is 0 Å². The number of hydrogen-bond donors (Lipinski definition) is 1. The third kappa shape index (κ3) is 1.51. The first-order chi connectivity index (χ1) is 6.40. The van der Waals surface area contributed by atoms with Crippen molar-refractivity contribution in [1.82, 2.24) is 9.97 Å². The largest absolute Gasteiger partial charge is 0.449 e. The van der Waals surface area contributed by atoms with Gasteiger partial charge in [-0.3, -0.25) is 0 Å². The zero-order valence-electron chi connectivity index (χ0n) is 6.78. The SMILES string of the molecule is O=[C]OCc1nc2ccccc2[nH]1. The fourth-order valence-corrected chi connectivity index (χ4v) is 1.17. The summed E-state index contributed by atoms with van der Waals surface area (Å²) in [5.41, 5.74) is 1.80. The Balaban J connectivity index is 2.32. The van der Waals surface area contributed by atoms with Crippen molar-refractivity contribution in [3.8, 4) is 0 Å². The number of H-pyrrole nitrogens is 1. The summed E-state index contributed by atoms with van der Waals surface area (Å²) in [6, 6.07) is 7.62. The van der Waals surface area contributed by atoms with Crippen molar-refractivity contribution >= 4 is 17.5 Å². The van der Waals surface area contributed by atoms with E-state index in [1.54, 1.807) is 0 Å². The summed E-state index contributed by atoms with van der Waals surface area (Å²) >= 11 is 0. The normalized spacial score (nSPS) is 10.2. The van der Waals surface area contributed by atoms with Gasteiger partial charge in [-0.1, -0.05) is 12.1 Å². The fourth-order valence-electron chi connectivity index (χ4n) is 1.17. The number of hydrogen-bond acceptors (Lipinski definition) is 3. The lowest BCUT2D eigenvalue weighted by atomic mass is 10.3. The number of nitrogens with one attached hydrogen (secondary N) is 1. The van der Waals surface area contributed by atoms with Crippen LogP contribution in [-0.4, -0.2) is 16.4 Å². The Hall–Kier alpha value is -1.84. The summed E-state index contributed by atoms with van der Waals surface area (Å²) in [6.07, 6.45) is 0. The van der Waals surface area contributed by atoms with Gasteiger partial charge in [0.05, 0.1) is 11.0 Å². The van der Waals surface area contributed by atoms with Crippen molar-refractivity contribution in [3.63, 3.8) is 0 Å². The van der Waals surface area contributed by atoms with Crippen LogP contribution in [0.2, 0.25) is 0 Å². The number of benzene rings is 1. The molecular formula is C9H7N2O2. The maximum absolute atomic E-state index is 9.80. The highest BCUT2D eigenvalue weighted by Gasteiger charge is 2.00. The number of fused-ring (bicyclic) bond motifs is 1. The molecule has 4 nitrogen and oxygen atoms in total. The Morgan fingerprint density at radius 3 is 3.08 bits per heavy atom. The minimum atomic E-state index is 0.137. The number of aromatic amines is 1. The Bertz CT molecular complexity index is 389. The number of para-hydroxylation sites is 2. The smallest absolute Gasteiger partial charge is 0.417 e. The lowest BCUT2D eigenvalue weighted by Crippen LogP contribution is -1.91.